The highest BCUT2D eigenvalue weighted by Crippen LogP contribution is 2.37. The number of carbonyl (C=O) groups is 2. The van der Waals surface area contributed by atoms with Gasteiger partial charge in [-0.1, -0.05) is 0 Å². The van der Waals surface area contributed by atoms with Gasteiger partial charge in [0.25, 0.3) is 0 Å². The van der Waals surface area contributed by atoms with Crippen LogP contribution >= 0.6 is 0 Å². The molecule has 0 radical (unpaired) electrons. The predicted molar refractivity (Wildman–Crippen MR) is 66.2 cm³/mol. The monoisotopic (exact) mass is 255 g/mol. The van der Waals surface area contributed by atoms with Crippen LogP contribution in [0.3, 0.4) is 0 Å². The van der Waals surface area contributed by atoms with E-state index in [0.717, 1.165) is 13.0 Å². The molecule has 6 heteroatoms. The fourth-order valence-corrected chi connectivity index (χ4v) is 3.01. The Bertz CT molecular complexity index is 368. The van der Waals surface area contributed by atoms with Gasteiger partial charge in [0.05, 0.1) is 17.4 Å². The van der Waals surface area contributed by atoms with Gasteiger partial charge in [0.2, 0.25) is 5.91 Å². The second-order valence-electron chi connectivity index (χ2n) is 5.71. The summed E-state index contributed by atoms with van der Waals surface area (Å²) in [6.07, 6.45) is 0.928. The van der Waals surface area contributed by atoms with Crippen molar-refractivity contribution in [2.45, 2.75) is 25.3 Å². The van der Waals surface area contributed by atoms with Crippen LogP contribution in [-0.4, -0.2) is 60.6 Å². The summed E-state index contributed by atoms with van der Waals surface area (Å²) in [5, 5.41) is 14.9. The van der Waals surface area contributed by atoms with Gasteiger partial charge in [0.15, 0.2) is 0 Å². The minimum Gasteiger partial charge on any atom is -0.481 e. The van der Waals surface area contributed by atoms with Crippen LogP contribution in [0.2, 0.25) is 0 Å². The molecule has 102 valence electrons. The third kappa shape index (κ3) is 2.10. The molecule has 0 aromatic carbocycles. The van der Waals surface area contributed by atoms with Gasteiger partial charge in [-0.15, -0.1) is 0 Å². The second-order valence-corrected chi connectivity index (χ2v) is 5.71. The highest BCUT2D eigenvalue weighted by atomic mass is 16.4. The standard InChI is InChI=1S/C12H21N3O3/c1-11(10(18)13-2)3-4-15(8-11)12(5-9(16)17)6-14-7-12/h14H,3-8H2,1-2H3,(H,13,18)(H,16,17). The van der Waals surface area contributed by atoms with Crippen LogP contribution in [0.5, 0.6) is 0 Å². The molecule has 0 bridgehead atoms. The minimum absolute atomic E-state index is 0.0442. The third-order valence-electron chi connectivity index (χ3n) is 4.31. The molecule has 18 heavy (non-hydrogen) atoms. The number of carboxylic acid groups (broad SMARTS) is 1. The number of hydrogen-bond acceptors (Lipinski definition) is 4. The lowest BCUT2D eigenvalue weighted by atomic mass is 9.85. The molecular formula is C12H21N3O3. The summed E-state index contributed by atoms with van der Waals surface area (Å²) in [6, 6.07) is 0. The lowest BCUT2D eigenvalue weighted by Crippen LogP contribution is -2.69. The molecule has 2 saturated heterocycles. The summed E-state index contributed by atoms with van der Waals surface area (Å²) in [5.74, 6) is -0.729. The Balaban J connectivity index is 2.07. The molecule has 2 rings (SSSR count). The second kappa shape index (κ2) is 4.51. The number of amides is 1. The molecule has 6 nitrogen and oxygen atoms in total. The van der Waals surface area contributed by atoms with E-state index < -0.39 is 11.4 Å². The number of carboxylic acids is 1. The van der Waals surface area contributed by atoms with Crippen molar-refractivity contribution in [3.8, 4) is 0 Å². The minimum atomic E-state index is -0.773. The Kier molecular flexibility index (Phi) is 3.33. The Labute approximate surface area is 107 Å². The van der Waals surface area contributed by atoms with Gasteiger partial charge >= 0.3 is 5.97 Å². The molecule has 2 aliphatic rings. The van der Waals surface area contributed by atoms with Crippen molar-refractivity contribution in [3.05, 3.63) is 0 Å². The first kappa shape index (κ1) is 13.3. The lowest BCUT2D eigenvalue weighted by Gasteiger charge is -2.49. The van der Waals surface area contributed by atoms with Crippen LogP contribution in [0.15, 0.2) is 0 Å². The van der Waals surface area contributed by atoms with Gasteiger partial charge in [-0.2, -0.15) is 0 Å². The molecule has 1 amide bonds. The molecule has 0 aromatic rings. The summed E-state index contributed by atoms with van der Waals surface area (Å²) in [5.41, 5.74) is -0.687. The van der Waals surface area contributed by atoms with Crippen LogP contribution in [0.1, 0.15) is 19.8 Å². The predicted octanol–water partition coefficient (Wildman–Crippen LogP) is -0.739. The highest BCUT2D eigenvalue weighted by Gasteiger charge is 2.51. The smallest absolute Gasteiger partial charge is 0.305 e. The van der Waals surface area contributed by atoms with Gasteiger partial charge < -0.3 is 15.7 Å². The first-order valence-corrected chi connectivity index (χ1v) is 6.32. The van der Waals surface area contributed by atoms with Gasteiger partial charge in [-0.05, 0) is 19.9 Å². The van der Waals surface area contributed by atoms with Crippen molar-refractivity contribution >= 4 is 11.9 Å². The summed E-state index contributed by atoms with van der Waals surface area (Å²) < 4.78 is 0. The Hall–Kier alpha value is -1.14. The van der Waals surface area contributed by atoms with E-state index in [1.54, 1.807) is 7.05 Å². The van der Waals surface area contributed by atoms with Crippen molar-refractivity contribution in [2.24, 2.45) is 5.41 Å². The summed E-state index contributed by atoms with van der Waals surface area (Å²) in [6.45, 7) is 4.78. The van der Waals surface area contributed by atoms with E-state index in [9.17, 15) is 9.59 Å². The SMILES string of the molecule is CNC(=O)C1(C)CCN(C2(CC(=O)O)CNC2)C1. The van der Waals surface area contributed by atoms with Crippen molar-refractivity contribution in [1.29, 1.82) is 0 Å². The van der Waals surface area contributed by atoms with E-state index in [0.29, 0.717) is 19.6 Å². The van der Waals surface area contributed by atoms with E-state index in [4.69, 9.17) is 5.11 Å². The third-order valence-corrected chi connectivity index (χ3v) is 4.31. The van der Waals surface area contributed by atoms with E-state index in [1.165, 1.54) is 0 Å². The van der Waals surface area contributed by atoms with Crippen molar-refractivity contribution in [2.75, 3.05) is 33.2 Å². The molecule has 1 atom stereocenters. The lowest BCUT2D eigenvalue weighted by molar-refractivity contribution is -0.141. The number of carbonyl (C=O) groups excluding carboxylic acids is 1. The van der Waals surface area contributed by atoms with E-state index in [1.807, 2.05) is 6.92 Å². The van der Waals surface area contributed by atoms with Crippen LogP contribution in [0.4, 0.5) is 0 Å². The van der Waals surface area contributed by atoms with Gasteiger partial charge in [0, 0.05) is 26.7 Å². The Morgan fingerprint density at radius 2 is 2.11 bits per heavy atom. The van der Waals surface area contributed by atoms with Crippen molar-refractivity contribution in [3.63, 3.8) is 0 Å². The molecule has 1 unspecified atom stereocenters. The number of hydrogen-bond donors (Lipinski definition) is 3. The van der Waals surface area contributed by atoms with Gasteiger partial charge in [0.1, 0.15) is 0 Å². The molecule has 3 N–H and O–H groups in total. The van der Waals surface area contributed by atoms with Crippen LogP contribution in [-0.2, 0) is 9.59 Å². The molecule has 0 saturated carbocycles. The topological polar surface area (TPSA) is 81.7 Å². The van der Waals surface area contributed by atoms with Crippen LogP contribution in [0, 0.1) is 5.41 Å². The average Bonchev–Trinajstić information content (AvgIpc) is 2.66. The fraction of sp³-hybridized carbons (Fsp3) is 0.833. The maximum atomic E-state index is 11.9. The van der Waals surface area contributed by atoms with E-state index >= 15 is 0 Å². The fourth-order valence-electron chi connectivity index (χ4n) is 3.01. The summed E-state index contributed by atoms with van der Waals surface area (Å²) in [7, 11) is 1.65. The number of likely N-dealkylation sites (tertiary alicyclic amines) is 1. The molecule has 0 aromatic heterocycles. The summed E-state index contributed by atoms with van der Waals surface area (Å²) in [4.78, 5) is 25.0. The maximum absolute atomic E-state index is 11.9. The molecule has 2 heterocycles. The maximum Gasteiger partial charge on any atom is 0.305 e. The van der Waals surface area contributed by atoms with Crippen LogP contribution in [0.25, 0.3) is 0 Å². The zero-order valence-electron chi connectivity index (χ0n) is 11.0. The van der Waals surface area contributed by atoms with Gasteiger partial charge in [-0.3, -0.25) is 14.5 Å². The quantitative estimate of drug-likeness (QED) is 0.616. The zero-order chi connectivity index (χ0) is 13.4. The van der Waals surface area contributed by atoms with Crippen molar-refractivity contribution < 1.29 is 14.7 Å². The van der Waals surface area contributed by atoms with Crippen molar-refractivity contribution in [1.82, 2.24) is 15.5 Å². The molecule has 2 fully saturated rings. The molecule has 2 aliphatic heterocycles. The average molecular weight is 255 g/mol. The zero-order valence-corrected chi connectivity index (χ0v) is 11.0. The van der Waals surface area contributed by atoms with E-state index in [2.05, 4.69) is 15.5 Å². The van der Waals surface area contributed by atoms with Gasteiger partial charge in [-0.25, -0.2) is 0 Å². The van der Waals surface area contributed by atoms with Crippen LogP contribution < -0.4 is 10.6 Å². The largest absolute Gasteiger partial charge is 0.481 e. The Morgan fingerprint density at radius 1 is 1.44 bits per heavy atom. The number of nitrogens with zero attached hydrogens (tertiary/aromatic N) is 1. The summed E-state index contributed by atoms with van der Waals surface area (Å²) >= 11 is 0. The highest BCUT2D eigenvalue weighted by molar-refractivity contribution is 5.82. The number of nitrogens with one attached hydrogen (secondary N) is 2. The molecular weight excluding hydrogens is 234 g/mol. The normalized spacial score (nSPS) is 30.8. The number of aliphatic carboxylic acids is 1. The first-order valence-electron chi connectivity index (χ1n) is 6.32. The first-order chi connectivity index (χ1) is 8.42. The molecule has 0 aliphatic carbocycles. The Morgan fingerprint density at radius 3 is 2.56 bits per heavy atom. The number of rotatable bonds is 4. The van der Waals surface area contributed by atoms with E-state index in [-0.39, 0.29) is 17.9 Å². The molecule has 0 spiro atoms.